The van der Waals surface area contributed by atoms with Crippen molar-refractivity contribution in [2.75, 3.05) is 24.8 Å². The third kappa shape index (κ3) is 6.68. The summed E-state index contributed by atoms with van der Waals surface area (Å²) in [4.78, 5) is 22.2. The highest BCUT2D eigenvalue weighted by Gasteiger charge is 2.17. The Kier molecular flexibility index (Phi) is 8.82. The zero-order valence-corrected chi connectivity index (χ0v) is 24.6. The summed E-state index contributed by atoms with van der Waals surface area (Å²) in [7, 11) is 1.63. The molecular formula is C32H28N4O3S2. The monoisotopic (exact) mass is 580 g/mol. The Bertz CT molecular complexity index is 1730. The van der Waals surface area contributed by atoms with Crippen molar-refractivity contribution in [2.24, 2.45) is 0 Å². The third-order valence-corrected chi connectivity index (χ3v) is 8.24. The summed E-state index contributed by atoms with van der Waals surface area (Å²) in [5, 5.41) is 14.2. The molecule has 0 unspecified atom stereocenters. The van der Waals surface area contributed by atoms with Crippen LogP contribution in [0.2, 0.25) is 0 Å². The van der Waals surface area contributed by atoms with Gasteiger partial charge >= 0.3 is 0 Å². The van der Waals surface area contributed by atoms with Crippen molar-refractivity contribution in [3.05, 3.63) is 83.9 Å². The number of hydrogen-bond acceptors (Lipinski definition) is 8. The number of aryl methyl sites for hydroxylation is 1. The number of benzene rings is 3. The number of carbonyl (C=O) groups is 1. The summed E-state index contributed by atoms with van der Waals surface area (Å²) in [6, 6.07) is 25.8. The van der Waals surface area contributed by atoms with Gasteiger partial charge in [0, 0.05) is 23.3 Å². The fourth-order valence-corrected chi connectivity index (χ4v) is 6.10. The number of amides is 1. The van der Waals surface area contributed by atoms with Gasteiger partial charge < -0.3 is 14.8 Å². The molecule has 7 nitrogen and oxygen atoms in total. The normalized spacial score (nSPS) is 10.8. The van der Waals surface area contributed by atoms with Crippen LogP contribution in [0.4, 0.5) is 5.13 Å². The number of aromatic nitrogens is 2. The molecule has 2 heterocycles. The summed E-state index contributed by atoms with van der Waals surface area (Å²) >= 11 is 2.81. The lowest BCUT2D eigenvalue weighted by molar-refractivity contribution is -0.115. The predicted molar refractivity (Wildman–Crippen MR) is 166 cm³/mol. The van der Waals surface area contributed by atoms with E-state index in [0.717, 1.165) is 49.7 Å². The molecule has 0 aliphatic heterocycles. The minimum absolute atomic E-state index is 0.148. The van der Waals surface area contributed by atoms with Gasteiger partial charge in [-0.2, -0.15) is 5.26 Å². The Morgan fingerprint density at radius 3 is 2.44 bits per heavy atom. The lowest BCUT2D eigenvalue weighted by atomic mass is 9.98. The van der Waals surface area contributed by atoms with Crippen LogP contribution in [0.15, 0.2) is 77.8 Å². The number of anilines is 1. The molecule has 206 valence electrons. The molecule has 0 fully saturated rings. The highest BCUT2D eigenvalue weighted by Crippen LogP contribution is 2.35. The van der Waals surface area contributed by atoms with Gasteiger partial charge in [0.25, 0.3) is 0 Å². The van der Waals surface area contributed by atoms with E-state index in [-0.39, 0.29) is 12.3 Å². The first-order chi connectivity index (χ1) is 20.0. The van der Waals surface area contributed by atoms with E-state index < -0.39 is 0 Å². The van der Waals surface area contributed by atoms with Gasteiger partial charge in [0.15, 0.2) is 5.13 Å². The number of carbonyl (C=O) groups excluding carboxylic acids is 1. The first-order valence-corrected chi connectivity index (χ1v) is 14.9. The molecule has 5 rings (SSSR count). The van der Waals surface area contributed by atoms with Crippen LogP contribution in [0, 0.1) is 18.3 Å². The van der Waals surface area contributed by atoms with Crippen LogP contribution in [-0.2, 0) is 4.79 Å². The maximum Gasteiger partial charge on any atom is 0.226 e. The van der Waals surface area contributed by atoms with E-state index in [4.69, 9.17) is 14.5 Å². The number of hydrogen-bond donors (Lipinski definition) is 1. The second kappa shape index (κ2) is 12.9. The number of fused-ring (bicyclic) bond motifs is 1. The van der Waals surface area contributed by atoms with E-state index in [1.807, 2.05) is 86.6 Å². The van der Waals surface area contributed by atoms with E-state index in [1.54, 1.807) is 7.11 Å². The summed E-state index contributed by atoms with van der Waals surface area (Å²) < 4.78 is 11.8. The molecule has 9 heteroatoms. The van der Waals surface area contributed by atoms with Gasteiger partial charge in [0.2, 0.25) is 5.91 Å². The van der Waals surface area contributed by atoms with Crippen LogP contribution in [0.5, 0.6) is 11.5 Å². The van der Waals surface area contributed by atoms with Crippen molar-refractivity contribution >= 4 is 44.4 Å². The summed E-state index contributed by atoms with van der Waals surface area (Å²) in [5.74, 6) is 1.84. The molecule has 0 saturated heterocycles. The molecule has 1 N–H and O–H groups in total. The molecule has 0 spiro atoms. The average Bonchev–Trinajstić information content (AvgIpc) is 3.38. The van der Waals surface area contributed by atoms with Crippen LogP contribution in [0.3, 0.4) is 0 Å². The minimum Gasteiger partial charge on any atom is -0.497 e. The standard InChI is InChI=1S/C32H28N4O3S2/c1-4-39-24-13-14-27-29(17-24)41-32(35-27)36-30(37)15-16-40-31-26(19-33)25(21-7-5-20(2)6-8-21)18-28(34-31)22-9-11-23(38-3)12-10-22/h5-14,17-18H,4,15-16H2,1-3H3,(H,35,36,37). The van der Waals surface area contributed by atoms with Crippen LogP contribution in [0.1, 0.15) is 24.5 Å². The van der Waals surface area contributed by atoms with E-state index >= 15 is 0 Å². The number of nitrogens with zero attached hydrogens (tertiary/aromatic N) is 3. The summed E-state index contributed by atoms with van der Waals surface area (Å²) in [6.07, 6.45) is 0.240. The van der Waals surface area contributed by atoms with Crippen molar-refractivity contribution in [1.82, 2.24) is 9.97 Å². The Labute approximate surface area is 247 Å². The molecule has 5 aromatic rings. The molecule has 0 aliphatic carbocycles. The fourth-order valence-electron chi connectivity index (χ4n) is 4.24. The van der Waals surface area contributed by atoms with Crippen molar-refractivity contribution in [3.8, 4) is 40.0 Å². The molecule has 41 heavy (non-hydrogen) atoms. The van der Waals surface area contributed by atoms with Gasteiger partial charge in [-0.3, -0.25) is 4.79 Å². The molecule has 0 bridgehead atoms. The first kappa shape index (κ1) is 28.1. The van der Waals surface area contributed by atoms with Gasteiger partial charge in [-0.1, -0.05) is 41.2 Å². The number of methoxy groups -OCH3 is 1. The predicted octanol–water partition coefficient (Wildman–Crippen LogP) is 7.73. The Hall–Kier alpha value is -4.39. The zero-order valence-electron chi connectivity index (χ0n) is 22.9. The second-order valence-electron chi connectivity index (χ2n) is 9.17. The highest BCUT2D eigenvalue weighted by molar-refractivity contribution is 7.99. The van der Waals surface area contributed by atoms with Crippen LogP contribution in [0.25, 0.3) is 32.6 Å². The van der Waals surface area contributed by atoms with E-state index in [2.05, 4.69) is 16.4 Å². The van der Waals surface area contributed by atoms with Gasteiger partial charge in [-0.25, -0.2) is 9.97 Å². The molecule has 2 aromatic heterocycles. The largest absolute Gasteiger partial charge is 0.497 e. The Morgan fingerprint density at radius 2 is 1.73 bits per heavy atom. The average molecular weight is 581 g/mol. The Balaban J connectivity index is 1.36. The first-order valence-electron chi connectivity index (χ1n) is 13.1. The van der Waals surface area contributed by atoms with E-state index in [0.29, 0.717) is 28.1 Å². The van der Waals surface area contributed by atoms with Crippen molar-refractivity contribution in [3.63, 3.8) is 0 Å². The summed E-state index contributed by atoms with van der Waals surface area (Å²) in [5.41, 5.74) is 5.84. The van der Waals surface area contributed by atoms with E-state index in [1.165, 1.54) is 23.1 Å². The lowest BCUT2D eigenvalue weighted by Gasteiger charge is -2.13. The smallest absolute Gasteiger partial charge is 0.226 e. The number of rotatable bonds is 10. The zero-order chi connectivity index (χ0) is 28.8. The van der Waals surface area contributed by atoms with Crippen LogP contribution in [-0.4, -0.2) is 35.3 Å². The fraction of sp³-hybridized carbons (Fsp3) is 0.188. The SMILES string of the molecule is CCOc1ccc2nc(NC(=O)CCSc3nc(-c4ccc(OC)cc4)cc(-c4ccc(C)cc4)c3C#N)sc2c1. The van der Waals surface area contributed by atoms with Gasteiger partial charge in [0.05, 0.1) is 35.2 Å². The van der Waals surface area contributed by atoms with Crippen molar-refractivity contribution in [2.45, 2.75) is 25.3 Å². The van der Waals surface area contributed by atoms with Crippen LogP contribution < -0.4 is 14.8 Å². The topological polar surface area (TPSA) is 97.1 Å². The molecule has 1 amide bonds. The maximum atomic E-state index is 12.8. The molecule has 3 aromatic carbocycles. The summed E-state index contributed by atoms with van der Waals surface area (Å²) in [6.45, 7) is 4.56. The van der Waals surface area contributed by atoms with Crippen molar-refractivity contribution in [1.29, 1.82) is 5.26 Å². The molecule has 0 atom stereocenters. The molecule has 0 saturated carbocycles. The maximum absolute atomic E-state index is 12.8. The quantitative estimate of drug-likeness (QED) is 0.169. The molecular weight excluding hydrogens is 553 g/mol. The molecule has 0 radical (unpaired) electrons. The number of nitriles is 1. The van der Waals surface area contributed by atoms with Gasteiger partial charge in [-0.15, -0.1) is 11.8 Å². The van der Waals surface area contributed by atoms with E-state index in [9.17, 15) is 10.1 Å². The lowest BCUT2D eigenvalue weighted by Crippen LogP contribution is -2.12. The van der Waals surface area contributed by atoms with Gasteiger partial charge in [-0.05, 0) is 67.9 Å². The highest BCUT2D eigenvalue weighted by atomic mass is 32.2. The second-order valence-corrected chi connectivity index (χ2v) is 11.3. The Morgan fingerprint density at radius 1 is 1.00 bits per heavy atom. The number of thiazole rings is 1. The minimum atomic E-state index is -0.148. The number of nitrogens with one attached hydrogen (secondary N) is 1. The van der Waals surface area contributed by atoms with Crippen molar-refractivity contribution < 1.29 is 14.3 Å². The number of ether oxygens (including phenoxy) is 2. The third-order valence-electron chi connectivity index (χ3n) is 6.33. The van der Waals surface area contributed by atoms with Crippen LogP contribution >= 0.6 is 23.1 Å². The number of pyridine rings is 1. The van der Waals surface area contributed by atoms with Gasteiger partial charge in [0.1, 0.15) is 22.6 Å². The molecule has 0 aliphatic rings. The number of thioether (sulfide) groups is 1.